The molecule has 0 radical (unpaired) electrons. The van der Waals surface area contributed by atoms with Crippen LogP contribution in [0.1, 0.15) is 34.7 Å². The second-order valence-electron chi connectivity index (χ2n) is 3.92. The summed E-state index contributed by atoms with van der Waals surface area (Å²) in [5, 5.41) is 4.04. The van der Waals surface area contributed by atoms with E-state index in [-0.39, 0.29) is 11.9 Å². The van der Waals surface area contributed by atoms with Gasteiger partial charge in [0.1, 0.15) is 5.82 Å². The molecule has 3 nitrogen and oxygen atoms in total. The number of hydrogen-bond acceptors (Lipinski definition) is 4. The minimum Gasteiger partial charge on any atom is -0.320 e. The fourth-order valence-electron chi connectivity index (χ4n) is 1.71. The Morgan fingerprint density at radius 2 is 2.24 bits per heavy atom. The van der Waals surface area contributed by atoms with E-state index in [9.17, 15) is 4.39 Å². The molecule has 1 heterocycles. The predicted octanol–water partition coefficient (Wildman–Crippen LogP) is 2.60. The van der Waals surface area contributed by atoms with Crippen LogP contribution in [0.3, 0.4) is 0 Å². The Kier molecular flexibility index (Phi) is 3.49. The lowest BCUT2D eigenvalue weighted by atomic mass is 10.0. The highest BCUT2D eigenvalue weighted by molar-refractivity contribution is 7.05. The SMILES string of the molecule is CCc1nnsc1C(N)c1ccc(F)c(C)c1. The summed E-state index contributed by atoms with van der Waals surface area (Å²) in [7, 11) is 0. The number of aromatic nitrogens is 2. The number of benzene rings is 1. The maximum absolute atomic E-state index is 13.2. The molecule has 1 unspecified atom stereocenters. The van der Waals surface area contributed by atoms with E-state index in [4.69, 9.17) is 5.73 Å². The van der Waals surface area contributed by atoms with Gasteiger partial charge in [0, 0.05) is 0 Å². The summed E-state index contributed by atoms with van der Waals surface area (Å²) in [6, 6.07) is 4.67. The summed E-state index contributed by atoms with van der Waals surface area (Å²) in [6.45, 7) is 3.75. The van der Waals surface area contributed by atoms with E-state index < -0.39 is 0 Å². The summed E-state index contributed by atoms with van der Waals surface area (Å²) in [6.07, 6.45) is 0.805. The Labute approximate surface area is 104 Å². The van der Waals surface area contributed by atoms with Gasteiger partial charge in [-0.3, -0.25) is 0 Å². The Hall–Kier alpha value is -1.33. The first-order chi connectivity index (χ1) is 8.13. The molecule has 1 aromatic carbocycles. The second-order valence-corrected chi connectivity index (χ2v) is 4.71. The highest BCUT2D eigenvalue weighted by atomic mass is 32.1. The van der Waals surface area contributed by atoms with Crippen LogP contribution in [0.25, 0.3) is 0 Å². The standard InChI is InChI=1S/C12H14FN3S/c1-3-10-12(17-16-15-10)11(14)8-4-5-9(13)7(2)6-8/h4-6,11H,3,14H2,1-2H3. The molecule has 0 aliphatic carbocycles. The van der Waals surface area contributed by atoms with Gasteiger partial charge in [-0.25, -0.2) is 4.39 Å². The summed E-state index contributed by atoms with van der Waals surface area (Å²) in [4.78, 5) is 0.957. The maximum Gasteiger partial charge on any atom is 0.126 e. The van der Waals surface area contributed by atoms with E-state index in [0.29, 0.717) is 5.56 Å². The van der Waals surface area contributed by atoms with Crippen molar-refractivity contribution >= 4 is 11.5 Å². The van der Waals surface area contributed by atoms with Crippen LogP contribution in [-0.2, 0) is 6.42 Å². The Bertz CT molecular complexity index is 524. The fourth-order valence-corrected chi connectivity index (χ4v) is 2.48. The molecule has 90 valence electrons. The van der Waals surface area contributed by atoms with Gasteiger partial charge in [0.2, 0.25) is 0 Å². The first-order valence-corrected chi connectivity index (χ1v) is 6.23. The van der Waals surface area contributed by atoms with Crippen molar-refractivity contribution < 1.29 is 4.39 Å². The first-order valence-electron chi connectivity index (χ1n) is 5.46. The molecule has 1 atom stereocenters. The van der Waals surface area contributed by atoms with Crippen molar-refractivity contribution in [1.29, 1.82) is 0 Å². The van der Waals surface area contributed by atoms with Crippen LogP contribution in [0, 0.1) is 12.7 Å². The molecule has 5 heteroatoms. The van der Waals surface area contributed by atoms with E-state index in [1.807, 2.05) is 6.92 Å². The number of nitrogens with two attached hydrogens (primary N) is 1. The van der Waals surface area contributed by atoms with Crippen LogP contribution in [0.15, 0.2) is 18.2 Å². The zero-order valence-electron chi connectivity index (χ0n) is 9.77. The van der Waals surface area contributed by atoms with Gasteiger partial charge in [-0.05, 0) is 42.1 Å². The monoisotopic (exact) mass is 251 g/mol. The molecule has 1 aromatic heterocycles. The molecule has 2 N–H and O–H groups in total. The molecule has 0 spiro atoms. The van der Waals surface area contributed by atoms with Crippen LogP contribution in [0.4, 0.5) is 4.39 Å². The zero-order chi connectivity index (χ0) is 12.4. The number of aryl methyl sites for hydroxylation is 2. The van der Waals surface area contributed by atoms with Gasteiger partial charge in [-0.1, -0.05) is 23.5 Å². The topological polar surface area (TPSA) is 51.8 Å². The van der Waals surface area contributed by atoms with Crippen molar-refractivity contribution in [3.63, 3.8) is 0 Å². The quantitative estimate of drug-likeness (QED) is 0.912. The molecule has 0 saturated carbocycles. The lowest BCUT2D eigenvalue weighted by Gasteiger charge is -2.11. The largest absolute Gasteiger partial charge is 0.320 e. The van der Waals surface area contributed by atoms with Crippen LogP contribution >= 0.6 is 11.5 Å². The maximum atomic E-state index is 13.2. The van der Waals surface area contributed by atoms with Crippen LogP contribution in [0.5, 0.6) is 0 Å². The molecule has 2 rings (SSSR count). The van der Waals surface area contributed by atoms with Gasteiger partial charge in [-0.2, -0.15) is 0 Å². The number of halogens is 1. The Morgan fingerprint density at radius 3 is 2.88 bits per heavy atom. The van der Waals surface area contributed by atoms with Gasteiger partial charge in [0.05, 0.1) is 16.6 Å². The third-order valence-corrected chi connectivity index (χ3v) is 3.59. The second kappa shape index (κ2) is 4.89. The third-order valence-electron chi connectivity index (χ3n) is 2.74. The molecular weight excluding hydrogens is 237 g/mol. The lowest BCUT2D eigenvalue weighted by Crippen LogP contribution is -2.12. The van der Waals surface area contributed by atoms with Gasteiger partial charge < -0.3 is 5.73 Å². The molecular formula is C12H14FN3S. The van der Waals surface area contributed by atoms with Crippen molar-refractivity contribution in [3.8, 4) is 0 Å². The van der Waals surface area contributed by atoms with Gasteiger partial charge in [0.25, 0.3) is 0 Å². The van der Waals surface area contributed by atoms with E-state index in [2.05, 4.69) is 9.59 Å². The number of nitrogens with zero attached hydrogens (tertiary/aromatic N) is 2. The minimum atomic E-state index is -0.274. The van der Waals surface area contributed by atoms with Crippen LogP contribution in [0.2, 0.25) is 0 Å². The van der Waals surface area contributed by atoms with E-state index >= 15 is 0 Å². The fraction of sp³-hybridized carbons (Fsp3) is 0.333. The average Bonchev–Trinajstić information content (AvgIpc) is 2.80. The average molecular weight is 251 g/mol. The Morgan fingerprint density at radius 1 is 1.47 bits per heavy atom. The highest BCUT2D eigenvalue weighted by Crippen LogP contribution is 2.26. The molecule has 0 aliphatic rings. The molecule has 17 heavy (non-hydrogen) atoms. The van der Waals surface area contributed by atoms with Crippen molar-refractivity contribution in [1.82, 2.24) is 9.59 Å². The van der Waals surface area contributed by atoms with Gasteiger partial charge in [0.15, 0.2) is 0 Å². The molecule has 0 aliphatic heterocycles. The van der Waals surface area contributed by atoms with E-state index in [1.54, 1.807) is 19.1 Å². The van der Waals surface area contributed by atoms with Crippen molar-refractivity contribution in [2.24, 2.45) is 5.73 Å². The summed E-state index contributed by atoms with van der Waals surface area (Å²) in [5.41, 5.74) is 8.58. The molecule has 2 aromatic rings. The molecule has 0 bridgehead atoms. The molecule has 0 saturated heterocycles. The van der Waals surface area contributed by atoms with Gasteiger partial charge >= 0.3 is 0 Å². The predicted molar refractivity (Wildman–Crippen MR) is 66.5 cm³/mol. The summed E-state index contributed by atoms with van der Waals surface area (Å²) in [5.74, 6) is -0.209. The zero-order valence-corrected chi connectivity index (χ0v) is 10.6. The third kappa shape index (κ3) is 2.35. The summed E-state index contributed by atoms with van der Waals surface area (Å²) < 4.78 is 17.1. The van der Waals surface area contributed by atoms with E-state index in [1.165, 1.54) is 17.6 Å². The van der Waals surface area contributed by atoms with Gasteiger partial charge in [-0.15, -0.1) is 5.10 Å². The smallest absolute Gasteiger partial charge is 0.126 e. The summed E-state index contributed by atoms with van der Waals surface area (Å²) >= 11 is 1.31. The Balaban J connectivity index is 2.36. The first kappa shape index (κ1) is 12.1. The van der Waals surface area contributed by atoms with Crippen LogP contribution < -0.4 is 5.73 Å². The van der Waals surface area contributed by atoms with Crippen LogP contribution in [-0.4, -0.2) is 9.59 Å². The molecule has 0 fully saturated rings. The van der Waals surface area contributed by atoms with Crippen molar-refractivity contribution in [2.45, 2.75) is 26.3 Å². The van der Waals surface area contributed by atoms with E-state index in [0.717, 1.165) is 22.6 Å². The van der Waals surface area contributed by atoms with Crippen molar-refractivity contribution in [2.75, 3.05) is 0 Å². The number of rotatable bonds is 3. The van der Waals surface area contributed by atoms with Crippen molar-refractivity contribution in [3.05, 3.63) is 45.7 Å². The lowest BCUT2D eigenvalue weighted by molar-refractivity contribution is 0.617. The highest BCUT2D eigenvalue weighted by Gasteiger charge is 2.17. The minimum absolute atomic E-state index is 0.209. The molecule has 0 amide bonds. The number of hydrogen-bond donors (Lipinski definition) is 1. The normalized spacial score (nSPS) is 12.7.